The van der Waals surface area contributed by atoms with Crippen molar-refractivity contribution in [3.8, 4) is 18.1 Å². The van der Waals surface area contributed by atoms with E-state index in [9.17, 15) is 0 Å². The predicted molar refractivity (Wildman–Crippen MR) is 57.4 cm³/mol. The zero-order chi connectivity index (χ0) is 9.97. The molecule has 0 heterocycles. The molecule has 1 heteroatoms. The van der Waals surface area contributed by atoms with E-state index in [0.717, 1.165) is 16.9 Å². The predicted octanol–water partition coefficient (Wildman–Crippen LogP) is 2.91. The van der Waals surface area contributed by atoms with Crippen LogP contribution in [0.1, 0.15) is 30.4 Å². The number of benzene rings is 1. The van der Waals surface area contributed by atoms with E-state index in [0.29, 0.717) is 6.10 Å². The van der Waals surface area contributed by atoms with Crippen molar-refractivity contribution in [3.63, 3.8) is 0 Å². The van der Waals surface area contributed by atoms with Gasteiger partial charge in [0, 0.05) is 5.56 Å². The van der Waals surface area contributed by atoms with E-state index in [-0.39, 0.29) is 0 Å². The Kier molecular flexibility index (Phi) is 2.45. The lowest BCUT2D eigenvalue weighted by molar-refractivity contribution is 0.119. The van der Waals surface area contributed by atoms with Crippen LogP contribution in [0.15, 0.2) is 18.2 Å². The second kappa shape index (κ2) is 3.75. The Morgan fingerprint density at radius 1 is 1.43 bits per heavy atom. The summed E-state index contributed by atoms with van der Waals surface area (Å²) in [5, 5.41) is 0. The van der Waals surface area contributed by atoms with Crippen molar-refractivity contribution in [2.45, 2.75) is 32.3 Å². The third-order valence-electron chi connectivity index (χ3n) is 2.69. The van der Waals surface area contributed by atoms with Crippen molar-refractivity contribution in [1.82, 2.24) is 0 Å². The molecule has 72 valence electrons. The molecule has 1 aromatic rings. The Labute approximate surface area is 85.1 Å². The highest BCUT2D eigenvalue weighted by atomic mass is 16.5. The molecule has 14 heavy (non-hydrogen) atoms. The fraction of sp³-hybridized carbons (Fsp3) is 0.385. The zero-order valence-corrected chi connectivity index (χ0v) is 8.42. The molecule has 0 amide bonds. The summed E-state index contributed by atoms with van der Waals surface area (Å²) in [7, 11) is 0. The maximum absolute atomic E-state index is 5.81. The molecule has 2 rings (SSSR count). The molecule has 0 atom stereocenters. The van der Waals surface area contributed by atoms with Crippen LogP contribution in [0.5, 0.6) is 5.75 Å². The Morgan fingerprint density at radius 3 is 2.71 bits per heavy atom. The third kappa shape index (κ3) is 1.75. The first-order valence-electron chi connectivity index (χ1n) is 5.03. The summed E-state index contributed by atoms with van der Waals surface area (Å²) < 4.78 is 5.81. The normalized spacial score (nSPS) is 15.7. The highest BCUT2D eigenvalue weighted by Crippen LogP contribution is 2.27. The monoisotopic (exact) mass is 186 g/mol. The molecule has 0 N–H and O–H groups in total. The first-order valence-corrected chi connectivity index (χ1v) is 5.03. The van der Waals surface area contributed by atoms with Crippen LogP contribution in [-0.2, 0) is 0 Å². The SMILES string of the molecule is C#Cc1ccc(OC2CCC2)c(C)c1. The molecule has 0 spiro atoms. The molecular weight excluding hydrogens is 172 g/mol. The summed E-state index contributed by atoms with van der Waals surface area (Å²) in [5.41, 5.74) is 2.05. The van der Waals surface area contributed by atoms with Gasteiger partial charge in [-0.05, 0) is 49.9 Å². The summed E-state index contributed by atoms with van der Waals surface area (Å²) in [6.45, 7) is 2.04. The lowest BCUT2D eigenvalue weighted by atomic mass is 9.96. The number of aryl methyl sites for hydroxylation is 1. The summed E-state index contributed by atoms with van der Waals surface area (Å²) in [6.07, 6.45) is 9.43. The summed E-state index contributed by atoms with van der Waals surface area (Å²) in [5.74, 6) is 3.60. The van der Waals surface area contributed by atoms with Gasteiger partial charge in [-0.2, -0.15) is 0 Å². The minimum absolute atomic E-state index is 0.436. The van der Waals surface area contributed by atoms with Crippen LogP contribution in [0.4, 0.5) is 0 Å². The van der Waals surface area contributed by atoms with E-state index >= 15 is 0 Å². The van der Waals surface area contributed by atoms with Crippen LogP contribution in [0, 0.1) is 19.3 Å². The minimum atomic E-state index is 0.436. The van der Waals surface area contributed by atoms with E-state index in [1.807, 2.05) is 25.1 Å². The first-order chi connectivity index (χ1) is 6.79. The van der Waals surface area contributed by atoms with Crippen molar-refractivity contribution in [1.29, 1.82) is 0 Å². The van der Waals surface area contributed by atoms with E-state index in [4.69, 9.17) is 11.2 Å². The molecule has 0 radical (unpaired) electrons. The molecule has 0 unspecified atom stereocenters. The van der Waals surface area contributed by atoms with Crippen molar-refractivity contribution < 1.29 is 4.74 Å². The minimum Gasteiger partial charge on any atom is -0.490 e. The summed E-state index contributed by atoms with van der Waals surface area (Å²) >= 11 is 0. The van der Waals surface area contributed by atoms with Gasteiger partial charge in [-0.15, -0.1) is 6.42 Å². The smallest absolute Gasteiger partial charge is 0.122 e. The Morgan fingerprint density at radius 2 is 2.21 bits per heavy atom. The van der Waals surface area contributed by atoms with Gasteiger partial charge >= 0.3 is 0 Å². The molecule has 1 aliphatic carbocycles. The average molecular weight is 186 g/mol. The maximum atomic E-state index is 5.81. The topological polar surface area (TPSA) is 9.23 Å². The largest absolute Gasteiger partial charge is 0.490 e. The van der Waals surface area contributed by atoms with Gasteiger partial charge in [-0.1, -0.05) is 5.92 Å². The van der Waals surface area contributed by atoms with Crippen molar-refractivity contribution in [2.75, 3.05) is 0 Å². The maximum Gasteiger partial charge on any atom is 0.122 e. The van der Waals surface area contributed by atoms with Crippen LogP contribution in [0.3, 0.4) is 0 Å². The molecule has 1 aromatic carbocycles. The second-order valence-corrected chi connectivity index (χ2v) is 3.80. The number of terminal acetylenes is 1. The van der Waals surface area contributed by atoms with Crippen LogP contribution >= 0.6 is 0 Å². The van der Waals surface area contributed by atoms with Crippen molar-refractivity contribution in [2.24, 2.45) is 0 Å². The number of hydrogen-bond donors (Lipinski definition) is 0. The van der Waals surface area contributed by atoms with Crippen LogP contribution < -0.4 is 4.74 Å². The molecular formula is C13H14O. The molecule has 0 aromatic heterocycles. The van der Waals surface area contributed by atoms with Gasteiger partial charge in [0.2, 0.25) is 0 Å². The van der Waals surface area contributed by atoms with E-state index in [1.165, 1.54) is 19.3 Å². The van der Waals surface area contributed by atoms with Gasteiger partial charge in [0.1, 0.15) is 5.75 Å². The van der Waals surface area contributed by atoms with Gasteiger partial charge in [0.15, 0.2) is 0 Å². The number of ether oxygens (including phenoxy) is 1. The molecule has 1 saturated carbocycles. The molecule has 1 nitrogen and oxygen atoms in total. The molecule has 0 bridgehead atoms. The molecule has 1 fully saturated rings. The third-order valence-corrected chi connectivity index (χ3v) is 2.69. The van der Waals surface area contributed by atoms with E-state index in [1.54, 1.807) is 0 Å². The molecule has 0 saturated heterocycles. The van der Waals surface area contributed by atoms with Gasteiger partial charge in [0.25, 0.3) is 0 Å². The lowest BCUT2D eigenvalue weighted by Gasteiger charge is -2.27. The molecule has 1 aliphatic rings. The highest BCUT2D eigenvalue weighted by molar-refractivity contribution is 5.42. The highest BCUT2D eigenvalue weighted by Gasteiger charge is 2.19. The Bertz CT molecular complexity index is 369. The summed E-state index contributed by atoms with van der Waals surface area (Å²) in [4.78, 5) is 0. The standard InChI is InChI=1S/C13H14O/c1-3-11-7-8-13(10(2)9-11)14-12-5-4-6-12/h1,7-9,12H,4-6H2,2H3. The van der Waals surface area contributed by atoms with Gasteiger partial charge in [-0.25, -0.2) is 0 Å². The van der Waals surface area contributed by atoms with Gasteiger partial charge in [-0.3, -0.25) is 0 Å². The van der Waals surface area contributed by atoms with Crippen molar-refractivity contribution >= 4 is 0 Å². The fourth-order valence-electron chi connectivity index (χ4n) is 1.54. The number of hydrogen-bond acceptors (Lipinski definition) is 1. The van der Waals surface area contributed by atoms with Crippen LogP contribution in [-0.4, -0.2) is 6.10 Å². The molecule has 0 aliphatic heterocycles. The fourth-order valence-corrected chi connectivity index (χ4v) is 1.54. The Balaban J connectivity index is 2.14. The van der Waals surface area contributed by atoms with Crippen LogP contribution in [0.2, 0.25) is 0 Å². The van der Waals surface area contributed by atoms with Gasteiger partial charge < -0.3 is 4.74 Å². The second-order valence-electron chi connectivity index (χ2n) is 3.80. The number of rotatable bonds is 2. The van der Waals surface area contributed by atoms with Crippen molar-refractivity contribution in [3.05, 3.63) is 29.3 Å². The van der Waals surface area contributed by atoms with Gasteiger partial charge in [0.05, 0.1) is 6.10 Å². The lowest BCUT2D eigenvalue weighted by Crippen LogP contribution is -2.24. The van der Waals surface area contributed by atoms with E-state index in [2.05, 4.69) is 5.92 Å². The summed E-state index contributed by atoms with van der Waals surface area (Å²) in [6, 6.07) is 5.90. The Hall–Kier alpha value is -1.42. The zero-order valence-electron chi connectivity index (χ0n) is 8.42. The average Bonchev–Trinajstić information content (AvgIpc) is 2.13. The van der Waals surface area contributed by atoms with E-state index < -0.39 is 0 Å². The quantitative estimate of drug-likeness (QED) is 0.645. The first kappa shape index (κ1) is 9.15. The van der Waals surface area contributed by atoms with Crippen LogP contribution in [0.25, 0.3) is 0 Å².